The molecule has 7 heteroatoms. The summed E-state index contributed by atoms with van der Waals surface area (Å²) in [5.41, 5.74) is 16.0. The average Bonchev–Trinajstić information content (AvgIpc) is 3.22. The summed E-state index contributed by atoms with van der Waals surface area (Å²) in [5, 5.41) is 2.01. The first-order chi connectivity index (χ1) is 14.0. The molecule has 0 aliphatic heterocycles. The highest BCUT2D eigenvalue weighted by Crippen LogP contribution is 2.40. The molecule has 3 aromatic carbocycles. The normalized spacial score (nSPS) is 10.9. The quantitative estimate of drug-likeness (QED) is 0.502. The second-order valence-corrected chi connectivity index (χ2v) is 6.56. The number of nitrogen functional groups attached to an aromatic ring is 2. The van der Waals surface area contributed by atoms with Gasteiger partial charge < -0.3 is 30.2 Å². The van der Waals surface area contributed by atoms with E-state index in [0.717, 1.165) is 27.7 Å². The molecule has 4 aromatic rings. The monoisotopic (exact) mass is 390 g/mol. The van der Waals surface area contributed by atoms with Crippen molar-refractivity contribution in [1.29, 1.82) is 0 Å². The van der Waals surface area contributed by atoms with Crippen molar-refractivity contribution in [3.05, 3.63) is 55.0 Å². The molecule has 4 rings (SSSR count). The molecule has 1 aromatic heterocycles. The lowest BCUT2D eigenvalue weighted by Crippen LogP contribution is -1.98. The number of nitrogens with two attached hydrogens (primary N) is 2. The van der Waals surface area contributed by atoms with E-state index in [2.05, 4.69) is 4.98 Å². The Bertz CT molecular complexity index is 1170. The maximum atomic E-state index is 6.30. The summed E-state index contributed by atoms with van der Waals surface area (Å²) in [6.45, 7) is 0. The zero-order chi connectivity index (χ0) is 20.5. The number of hydrogen-bond donors (Lipinski definition) is 2. The van der Waals surface area contributed by atoms with Gasteiger partial charge in [-0.05, 0) is 29.0 Å². The Morgan fingerprint density at radius 1 is 0.862 bits per heavy atom. The van der Waals surface area contributed by atoms with Gasteiger partial charge in [-0.25, -0.2) is 4.98 Å². The van der Waals surface area contributed by atoms with Crippen molar-refractivity contribution in [3.8, 4) is 34.2 Å². The van der Waals surface area contributed by atoms with Crippen molar-refractivity contribution in [1.82, 2.24) is 9.55 Å². The molecule has 0 aliphatic rings. The lowest BCUT2D eigenvalue weighted by molar-refractivity contribution is 0.324. The molecule has 0 amide bonds. The van der Waals surface area contributed by atoms with E-state index in [0.29, 0.717) is 28.6 Å². The van der Waals surface area contributed by atoms with Crippen LogP contribution in [-0.2, 0) is 0 Å². The summed E-state index contributed by atoms with van der Waals surface area (Å²) in [6, 6.07) is 13.3. The van der Waals surface area contributed by atoms with Crippen LogP contribution in [0.3, 0.4) is 0 Å². The molecule has 1 heterocycles. The average molecular weight is 390 g/mol. The van der Waals surface area contributed by atoms with Crippen LogP contribution >= 0.6 is 0 Å². The SMILES string of the molecule is COc1cc(-n2cnc(-c3c(N)ccc4ccc(N)cc34)c2)cc(OC)c1OC. The van der Waals surface area contributed by atoms with Crippen LogP contribution in [-0.4, -0.2) is 30.9 Å². The number of benzene rings is 3. The topological polar surface area (TPSA) is 97.6 Å². The summed E-state index contributed by atoms with van der Waals surface area (Å²) in [4.78, 5) is 4.59. The summed E-state index contributed by atoms with van der Waals surface area (Å²) < 4.78 is 18.2. The van der Waals surface area contributed by atoms with E-state index in [-0.39, 0.29) is 0 Å². The molecule has 0 spiro atoms. The predicted octanol–water partition coefficient (Wildman–Crippen LogP) is 3.88. The largest absolute Gasteiger partial charge is 0.493 e. The van der Waals surface area contributed by atoms with Crippen LogP contribution in [0.2, 0.25) is 0 Å². The number of imidazole rings is 1. The highest BCUT2D eigenvalue weighted by molar-refractivity contribution is 6.02. The van der Waals surface area contributed by atoms with Gasteiger partial charge in [-0.3, -0.25) is 0 Å². The molecule has 0 aliphatic carbocycles. The van der Waals surface area contributed by atoms with Crippen molar-refractivity contribution < 1.29 is 14.2 Å². The fourth-order valence-electron chi connectivity index (χ4n) is 3.45. The van der Waals surface area contributed by atoms with Crippen molar-refractivity contribution >= 4 is 22.1 Å². The Morgan fingerprint density at radius 3 is 2.21 bits per heavy atom. The zero-order valence-electron chi connectivity index (χ0n) is 16.5. The molecule has 0 unspecified atom stereocenters. The number of nitrogens with zero attached hydrogens (tertiary/aromatic N) is 2. The van der Waals surface area contributed by atoms with E-state index in [4.69, 9.17) is 25.7 Å². The van der Waals surface area contributed by atoms with Gasteiger partial charge in [-0.1, -0.05) is 12.1 Å². The van der Waals surface area contributed by atoms with E-state index in [9.17, 15) is 0 Å². The first-order valence-electron chi connectivity index (χ1n) is 8.98. The van der Waals surface area contributed by atoms with Gasteiger partial charge in [0.2, 0.25) is 5.75 Å². The Labute approximate surface area is 168 Å². The van der Waals surface area contributed by atoms with Gasteiger partial charge in [-0.2, -0.15) is 0 Å². The minimum atomic E-state index is 0.535. The molecule has 7 nitrogen and oxygen atoms in total. The first-order valence-corrected chi connectivity index (χ1v) is 8.98. The molecule has 0 radical (unpaired) electrons. The van der Waals surface area contributed by atoms with Gasteiger partial charge in [0.05, 0.1) is 39.0 Å². The van der Waals surface area contributed by atoms with Gasteiger partial charge in [0.1, 0.15) is 0 Å². The number of hydrogen-bond acceptors (Lipinski definition) is 6. The number of methoxy groups -OCH3 is 3. The first kappa shape index (κ1) is 18.5. The third-order valence-corrected chi connectivity index (χ3v) is 4.86. The summed E-state index contributed by atoms with van der Waals surface area (Å²) in [7, 11) is 4.74. The number of anilines is 2. The lowest BCUT2D eigenvalue weighted by Gasteiger charge is -2.14. The van der Waals surface area contributed by atoms with Gasteiger partial charge >= 0.3 is 0 Å². The van der Waals surface area contributed by atoms with E-state index in [1.165, 1.54) is 0 Å². The Balaban J connectivity index is 1.86. The Hall–Kier alpha value is -3.87. The van der Waals surface area contributed by atoms with Gasteiger partial charge in [0.25, 0.3) is 0 Å². The predicted molar refractivity (Wildman–Crippen MR) is 115 cm³/mol. The minimum Gasteiger partial charge on any atom is -0.493 e. The molecule has 29 heavy (non-hydrogen) atoms. The summed E-state index contributed by atoms with van der Waals surface area (Å²) >= 11 is 0. The second kappa shape index (κ2) is 7.27. The third kappa shape index (κ3) is 3.16. The third-order valence-electron chi connectivity index (χ3n) is 4.86. The minimum absolute atomic E-state index is 0.535. The van der Waals surface area contributed by atoms with Crippen molar-refractivity contribution in [3.63, 3.8) is 0 Å². The lowest BCUT2D eigenvalue weighted by atomic mass is 10.00. The molecule has 0 saturated carbocycles. The zero-order valence-corrected chi connectivity index (χ0v) is 16.5. The number of rotatable bonds is 5. The van der Waals surface area contributed by atoms with Crippen LogP contribution in [0, 0.1) is 0 Å². The number of ether oxygens (including phenoxy) is 3. The van der Waals surface area contributed by atoms with Gasteiger partial charge in [0.15, 0.2) is 11.5 Å². The Morgan fingerprint density at radius 2 is 1.55 bits per heavy atom. The fraction of sp³-hybridized carbons (Fsp3) is 0.136. The maximum Gasteiger partial charge on any atom is 0.203 e. The number of aromatic nitrogens is 2. The standard InChI is InChI=1S/C22H22N4O3/c1-27-19-9-15(10-20(28-2)22(19)29-3)26-11-18(25-12-26)21-16-8-14(23)6-4-13(16)5-7-17(21)24/h4-12H,23-24H2,1-3H3. The second-order valence-electron chi connectivity index (χ2n) is 6.56. The molecular formula is C22H22N4O3. The van der Waals surface area contributed by atoms with Crippen LogP contribution in [0.15, 0.2) is 55.0 Å². The molecule has 0 saturated heterocycles. The number of fused-ring (bicyclic) bond motifs is 1. The smallest absolute Gasteiger partial charge is 0.203 e. The molecule has 0 atom stereocenters. The van der Waals surface area contributed by atoms with Gasteiger partial charge in [-0.15, -0.1) is 0 Å². The van der Waals surface area contributed by atoms with Gasteiger partial charge in [0, 0.05) is 35.3 Å². The van der Waals surface area contributed by atoms with Crippen LogP contribution < -0.4 is 25.7 Å². The van der Waals surface area contributed by atoms with E-state index in [1.807, 2.05) is 53.2 Å². The highest BCUT2D eigenvalue weighted by Gasteiger charge is 2.16. The van der Waals surface area contributed by atoms with Crippen LogP contribution in [0.4, 0.5) is 11.4 Å². The molecule has 0 fully saturated rings. The molecule has 148 valence electrons. The molecule has 4 N–H and O–H groups in total. The fourth-order valence-corrected chi connectivity index (χ4v) is 3.45. The van der Waals surface area contributed by atoms with E-state index < -0.39 is 0 Å². The van der Waals surface area contributed by atoms with Crippen LogP contribution in [0.1, 0.15) is 0 Å². The highest BCUT2D eigenvalue weighted by atomic mass is 16.5. The molecule has 0 bridgehead atoms. The Kier molecular flexibility index (Phi) is 4.64. The summed E-state index contributed by atoms with van der Waals surface area (Å²) in [6.07, 6.45) is 3.63. The van der Waals surface area contributed by atoms with Crippen LogP contribution in [0.5, 0.6) is 17.2 Å². The summed E-state index contributed by atoms with van der Waals surface area (Å²) in [5.74, 6) is 1.66. The van der Waals surface area contributed by atoms with Crippen molar-refractivity contribution in [2.24, 2.45) is 0 Å². The van der Waals surface area contributed by atoms with E-state index >= 15 is 0 Å². The van der Waals surface area contributed by atoms with Crippen molar-refractivity contribution in [2.45, 2.75) is 0 Å². The maximum absolute atomic E-state index is 6.30. The van der Waals surface area contributed by atoms with Crippen LogP contribution in [0.25, 0.3) is 27.7 Å². The van der Waals surface area contributed by atoms with Crippen molar-refractivity contribution in [2.75, 3.05) is 32.8 Å². The molecular weight excluding hydrogens is 368 g/mol. The van der Waals surface area contributed by atoms with E-state index in [1.54, 1.807) is 27.7 Å².